The summed E-state index contributed by atoms with van der Waals surface area (Å²) in [6.07, 6.45) is 1.76. The summed E-state index contributed by atoms with van der Waals surface area (Å²) >= 11 is 0. The van der Waals surface area contributed by atoms with Gasteiger partial charge in [-0.3, -0.25) is 4.98 Å². The first-order valence-electron chi connectivity index (χ1n) is 7.38. The van der Waals surface area contributed by atoms with Crippen molar-refractivity contribution in [2.75, 3.05) is 0 Å². The summed E-state index contributed by atoms with van der Waals surface area (Å²) < 4.78 is 13.6. The van der Waals surface area contributed by atoms with Crippen molar-refractivity contribution in [3.63, 3.8) is 0 Å². The zero-order valence-corrected chi connectivity index (χ0v) is 12.7. The molecule has 112 valence electrons. The second-order valence-electron chi connectivity index (χ2n) is 5.76. The van der Waals surface area contributed by atoms with Crippen LogP contribution in [-0.2, 0) is 6.61 Å². The van der Waals surface area contributed by atoms with Gasteiger partial charge in [-0.1, -0.05) is 26.0 Å². The fourth-order valence-corrected chi connectivity index (χ4v) is 2.63. The number of rotatable bonds is 3. The Labute approximate surface area is 129 Å². The molecule has 1 aromatic heterocycles. The van der Waals surface area contributed by atoms with E-state index in [1.165, 1.54) is 11.6 Å². The molecule has 3 aromatic rings. The lowest BCUT2D eigenvalue weighted by molar-refractivity contribution is 0.276. The van der Waals surface area contributed by atoms with Gasteiger partial charge in [0, 0.05) is 22.7 Å². The zero-order valence-electron chi connectivity index (χ0n) is 12.7. The second kappa shape index (κ2) is 5.85. The maximum Gasteiger partial charge on any atom is 0.128 e. The van der Waals surface area contributed by atoms with E-state index in [9.17, 15) is 9.50 Å². The highest BCUT2D eigenvalue weighted by atomic mass is 19.1. The summed E-state index contributed by atoms with van der Waals surface area (Å²) in [5.74, 6) is 0.00430. The van der Waals surface area contributed by atoms with Crippen molar-refractivity contribution in [3.8, 4) is 11.1 Å². The quantitative estimate of drug-likeness (QED) is 0.762. The van der Waals surface area contributed by atoms with E-state index in [2.05, 4.69) is 31.0 Å². The average molecular weight is 295 g/mol. The topological polar surface area (TPSA) is 33.1 Å². The molecule has 0 fully saturated rings. The number of aliphatic hydroxyl groups excluding tert-OH is 1. The minimum absolute atomic E-state index is 0.302. The van der Waals surface area contributed by atoms with E-state index in [4.69, 9.17) is 0 Å². The van der Waals surface area contributed by atoms with Gasteiger partial charge in [-0.2, -0.15) is 0 Å². The van der Waals surface area contributed by atoms with Crippen LogP contribution in [0.1, 0.15) is 30.9 Å². The summed E-state index contributed by atoms with van der Waals surface area (Å²) in [5.41, 5.74) is 4.25. The molecule has 0 saturated carbocycles. The van der Waals surface area contributed by atoms with Crippen LogP contribution in [-0.4, -0.2) is 10.1 Å². The molecule has 0 aliphatic carbocycles. The zero-order chi connectivity index (χ0) is 15.7. The minimum Gasteiger partial charge on any atom is -0.392 e. The molecule has 0 unspecified atom stereocenters. The number of hydrogen-bond acceptors (Lipinski definition) is 2. The lowest BCUT2D eigenvalue weighted by atomic mass is 9.93. The van der Waals surface area contributed by atoms with E-state index in [1.54, 1.807) is 18.3 Å². The highest BCUT2D eigenvalue weighted by molar-refractivity contribution is 5.94. The van der Waals surface area contributed by atoms with Gasteiger partial charge in [0.2, 0.25) is 0 Å². The predicted octanol–water partition coefficient (Wildman–Crippen LogP) is 4.66. The summed E-state index contributed by atoms with van der Waals surface area (Å²) in [6.45, 7) is 3.98. The van der Waals surface area contributed by atoms with Crippen LogP contribution in [0.25, 0.3) is 22.0 Å². The number of benzene rings is 2. The van der Waals surface area contributed by atoms with Gasteiger partial charge in [0.05, 0.1) is 12.1 Å². The lowest BCUT2D eigenvalue weighted by Crippen LogP contribution is -1.94. The van der Waals surface area contributed by atoms with Crippen molar-refractivity contribution >= 4 is 10.9 Å². The Hall–Kier alpha value is -2.26. The average Bonchev–Trinajstić information content (AvgIpc) is 2.54. The van der Waals surface area contributed by atoms with E-state index in [1.807, 2.05) is 12.1 Å². The van der Waals surface area contributed by atoms with Crippen LogP contribution in [0.2, 0.25) is 0 Å². The molecule has 0 amide bonds. The molecule has 2 aromatic carbocycles. The number of pyridine rings is 1. The van der Waals surface area contributed by atoms with Crippen LogP contribution in [0, 0.1) is 5.82 Å². The standard InChI is InChI=1S/C19H18FNO/c1-12(2)15-9-14-4-3-7-21-19(14)17(10-15)13-5-6-18(20)16(8-13)11-22/h3-10,12,22H,11H2,1-2H3. The predicted molar refractivity (Wildman–Crippen MR) is 87.1 cm³/mol. The van der Waals surface area contributed by atoms with Crippen LogP contribution in [0.3, 0.4) is 0 Å². The van der Waals surface area contributed by atoms with Crippen LogP contribution < -0.4 is 0 Å². The van der Waals surface area contributed by atoms with Gasteiger partial charge in [-0.05, 0) is 47.4 Å². The first-order valence-corrected chi connectivity index (χ1v) is 7.38. The van der Waals surface area contributed by atoms with E-state index < -0.39 is 0 Å². The van der Waals surface area contributed by atoms with Crippen LogP contribution in [0.4, 0.5) is 4.39 Å². The normalized spacial score (nSPS) is 11.3. The van der Waals surface area contributed by atoms with Gasteiger partial charge < -0.3 is 5.11 Å². The highest BCUT2D eigenvalue weighted by Crippen LogP contribution is 2.32. The van der Waals surface area contributed by atoms with E-state index in [0.717, 1.165) is 22.0 Å². The van der Waals surface area contributed by atoms with E-state index in [0.29, 0.717) is 11.5 Å². The van der Waals surface area contributed by atoms with Crippen molar-refractivity contribution in [1.82, 2.24) is 4.98 Å². The Balaban J connectivity index is 2.29. The monoisotopic (exact) mass is 295 g/mol. The third-order valence-corrected chi connectivity index (χ3v) is 3.92. The first kappa shape index (κ1) is 14.7. The molecule has 1 heterocycles. The maximum atomic E-state index is 13.6. The third-order valence-electron chi connectivity index (χ3n) is 3.92. The molecule has 22 heavy (non-hydrogen) atoms. The lowest BCUT2D eigenvalue weighted by Gasteiger charge is -2.13. The molecule has 3 rings (SSSR count). The minimum atomic E-state index is -0.386. The van der Waals surface area contributed by atoms with Crippen molar-refractivity contribution < 1.29 is 9.50 Å². The summed E-state index contributed by atoms with van der Waals surface area (Å²) in [4.78, 5) is 4.48. The second-order valence-corrected chi connectivity index (χ2v) is 5.76. The first-order chi connectivity index (χ1) is 10.6. The molecule has 0 bridgehead atoms. The molecule has 0 atom stereocenters. The number of fused-ring (bicyclic) bond motifs is 1. The van der Waals surface area contributed by atoms with Crippen molar-refractivity contribution in [2.24, 2.45) is 0 Å². The fourth-order valence-electron chi connectivity index (χ4n) is 2.63. The molecular formula is C19H18FNO. The van der Waals surface area contributed by atoms with Gasteiger partial charge in [0.1, 0.15) is 5.82 Å². The van der Waals surface area contributed by atoms with Crippen LogP contribution >= 0.6 is 0 Å². The number of aliphatic hydroxyl groups is 1. The highest BCUT2D eigenvalue weighted by Gasteiger charge is 2.11. The maximum absolute atomic E-state index is 13.6. The summed E-state index contributed by atoms with van der Waals surface area (Å²) in [5, 5.41) is 10.4. The fraction of sp³-hybridized carbons (Fsp3) is 0.211. The number of aromatic nitrogens is 1. The van der Waals surface area contributed by atoms with Gasteiger partial charge in [0.15, 0.2) is 0 Å². The van der Waals surface area contributed by atoms with Gasteiger partial charge >= 0.3 is 0 Å². The number of nitrogens with zero attached hydrogens (tertiary/aromatic N) is 1. The summed E-state index contributed by atoms with van der Waals surface area (Å²) in [7, 11) is 0. The molecule has 1 N–H and O–H groups in total. The van der Waals surface area contributed by atoms with E-state index >= 15 is 0 Å². The molecule has 0 aliphatic rings. The molecule has 3 heteroatoms. The van der Waals surface area contributed by atoms with Gasteiger partial charge in [-0.15, -0.1) is 0 Å². The van der Waals surface area contributed by atoms with Crippen molar-refractivity contribution in [3.05, 3.63) is 65.6 Å². The molecular weight excluding hydrogens is 277 g/mol. The third kappa shape index (κ3) is 2.60. The van der Waals surface area contributed by atoms with Gasteiger partial charge in [0.25, 0.3) is 0 Å². The molecule has 0 radical (unpaired) electrons. The van der Waals surface area contributed by atoms with Crippen LogP contribution in [0.15, 0.2) is 48.7 Å². The Morgan fingerprint density at radius 3 is 2.68 bits per heavy atom. The number of hydrogen-bond donors (Lipinski definition) is 1. The van der Waals surface area contributed by atoms with E-state index in [-0.39, 0.29) is 12.4 Å². The summed E-state index contributed by atoms with van der Waals surface area (Å²) in [6, 6.07) is 13.0. The smallest absolute Gasteiger partial charge is 0.128 e. The molecule has 0 aliphatic heterocycles. The Kier molecular flexibility index (Phi) is 3.90. The van der Waals surface area contributed by atoms with Crippen molar-refractivity contribution in [1.29, 1.82) is 0 Å². The van der Waals surface area contributed by atoms with Crippen molar-refractivity contribution in [2.45, 2.75) is 26.4 Å². The Morgan fingerprint density at radius 1 is 1.14 bits per heavy atom. The van der Waals surface area contributed by atoms with Gasteiger partial charge in [-0.25, -0.2) is 4.39 Å². The number of halogens is 1. The molecule has 2 nitrogen and oxygen atoms in total. The molecule has 0 spiro atoms. The largest absolute Gasteiger partial charge is 0.392 e. The Bertz CT molecular complexity index is 827. The Morgan fingerprint density at radius 2 is 1.95 bits per heavy atom. The van der Waals surface area contributed by atoms with Crippen LogP contribution in [0.5, 0.6) is 0 Å². The molecule has 0 saturated heterocycles. The SMILES string of the molecule is CC(C)c1cc(-c2ccc(F)c(CO)c2)c2ncccc2c1.